The van der Waals surface area contributed by atoms with Gasteiger partial charge in [-0.15, -0.1) is 0 Å². The van der Waals surface area contributed by atoms with Crippen LogP contribution in [0.15, 0.2) is 36.5 Å². The summed E-state index contributed by atoms with van der Waals surface area (Å²) < 4.78 is 9.12. The molecule has 0 unspecified atom stereocenters. The Bertz CT molecular complexity index is 416. The molecular formula is C15H21NO4. The number of unbranched alkanes of at least 4 members (excludes halogenated alkanes) is 1. The van der Waals surface area contributed by atoms with E-state index in [1.165, 1.54) is 19.3 Å². The number of nitrogens with zero attached hydrogens (tertiary/aromatic N) is 1. The Morgan fingerprint density at radius 2 is 1.90 bits per heavy atom. The van der Waals surface area contributed by atoms with Gasteiger partial charge in [-0.2, -0.15) is 5.26 Å². The van der Waals surface area contributed by atoms with Crippen molar-refractivity contribution < 1.29 is 19.1 Å². The number of hydrogen-bond donors (Lipinski definition) is 0. The average molecular weight is 279 g/mol. The highest BCUT2D eigenvalue weighted by Gasteiger charge is 2.03. The molecule has 0 atom stereocenters. The van der Waals surface area contributed by atoms with E-state index in [2.05, 4.69) is 17.9 Å². The summed E-state index contributed by atoms with van der Waals surface area (Å²) in [7, 11) is 1.33. The zero-order chi connectivity index (χ0) is 16.0. The van der Waals surface area contributed by atoms with E-state index in [1.807, 2.05) is 6.92 Å². The van der Waals surface area contributed by atoms with E-state index in [0.717, 1.165) is 12.8 Å². The third-order valence-electron chi connectivity index (χ3n) is 1.89. The van der Waals surface area contributed by atoms with Crippen molar-refractivity contribution in [3.8, 4) is 6.07 Å². The first kappa shape index (κ1) is 20.0. The van der Waals surface area contributed by atoms with Crippen molar-refractivity contribution in [2.45, 2.75) is 26.7 Å². The van der Waals surface area contributed by atoms with Gasteiger partial charge in [-0.3, -0.25) is 0 Å². The van der Waals surface area contributed by atoms with Gasteiger partial charge in [0.15, 0.2) is 0 Å². The molecule has 0 radical (unpaired) electrons. The van der Waals surface area contributed by atoms with Gasteiger partial charge in [-0.05, 0) is 19.4 Å². The topological polar surface area (TPSA) is 76.4 Å². The van der Waals surface area contributed by atoms with Gasteiger partial charge < -0.3 is 9.47 Å². The van der Waals surface area contributed by atoms with Crippen LogP contribution in [0.1, 0.15) is 26.7 Å². The van der Waals surface area contributed by atoms with Gasteiger partial charge in [-0.1, -0.05) is 26.5 Å². The molecule has 0 aliphatic carbocycles. The minimum Gasteiger partial charge on any atom is -0.466 e. The maximum absolute atomic E-state index is 11.0. The van der Waals surface area contributed by atoms with Gasteiger partial charge in [-0.25, -0.2) is 9.59 Å². The molecule has 0 saturated heterocycles. The number of allylic oxidation sites excluding steroid dienone is 1. The highest BCUT2D eigenvalue weighted by Crippen LogP contribution is 1.98. The van der Waals surface area contributed by atoms with E-state index in [1.54, 1.807) is 13.0 Å². The first-order chi connectivity index (χ1) is 9.40. The Labute approximate surface area is 120 Å². The third-order valence-corrected chi connectivity index (χ3v) is 1.89. The predicted molar refractivity (Wildman–Crippen MR) is 76.6 cm³/mol. The lowest BCUT2D eigenvalue weighted by Gasteiger charge is -2.01. The maximum Gasteiger partial charge on any atom is 0.337 e. The molecule has 0 aliphatic rings. The Hall–Kier alpha value is -2.35. The second kappa shape index (κ2) is 13.1. The largest absolute Gasteiger partial charge is 0.466 e. The number of methoxy groups -OCH3 is 1. The third kappa shape index (κ3) is 12.1. The Kier molecular flexibility index (Phi) is 13.1. The summed E-state index contributed by atoms with van der Waals surface area (Å²) in [6.45, 7) is 10.8. The molecule has 0 rings (SSSR count). The lowest BCUT2D eigenvalue weighted by Crippen LogP contribution is -2.06. The van der Waals surface area contributed by atoms with E-state index >= 15 is 0 Å². The maximum atomic E-state index is 11.0. The van der Waals surface area contributed by atoms with E-state index in [-0.39, 0.29) is 11.5 Å². The second-order valence-corrected chi connectivity index (χ2v) is 3.75. The van der Waals surface area contributed by atoms with Crippen LogP contribution >= 0.6 is 0 Å². The zero-order valence-electron chi connectivity index (χ0n) is 12.3. The molecule has 0 saturated carbocycles. The molecule has 0 fully saturated rings. The van der Waals surface area contributed by atoms with E-state index < -0.39 is 5.97 Å². The van der Waals surface area contributed by atoms with E-state index in [9.17, 15) is 9.59 Å². The van der Waals surface area contributed by atoms with Gasteiger partial charge in [0.2, 0.25) is 0 Å². The fourth-order valence-corrected chi connectivity index (χ4v) is 0.782. The smallest absolute Gasteiger partial charge is 0.337 e. The molecule has 5 heteroatoms. The van der Waals surface area contributed by atoms with Crippen LogP contribution in [0.3, 0.4) is 0 Å². The number of carbonyl (C=O) groups excluding carboxylic acids is 2. The average Bonchev–Trinajstić information content (AvgIpc) is 2.44. The monoisotopic (exact) mass is 279 g/mol. The molecule has 0 aromatic rings. The van der Waals surface area contributed by atoms with Gasteiger partial charge >= 0.3 is 11.9 Å². The summed E-state index contributed by atoms with van der Waals surface area (Å²) in [6, 6.07) is 1.77. The number of rotatable bonds is 6. The highest BCUT2D eigenvalue weighted by atomic mass is 16.5. The van der Waals surface area contributed by atoms with Crippen molar-refractivity contribution in [1.29, 1.82) is 5.26 Å². The van der Waals surface area contributed by atoms with Crippen LogP contribution in [0.2, 0.25) is 0 Å². The standard InChI is InChI=1S/C10H13NO2.C5H8O2/c1-3-4-8-13-10(12)9(2)6-5-7-11;1-4(2)5(6)7-3/h5-6H,2-4,8H2,1H3;1H2,2-3H3. The molecule has 0 N–H and O–H groups in total. The summed E-state index contributed by atoms with van der Waals surface area (Å²) >= 11 is 0. The number of carbonyl (C=O) groups is 2. The first-order valence-electron chi connectivity index (χ1n) is 6.06. The van der Waals surface area contributed by atoms with Crippen LogP contribution in [0, 0.1) is 11.3 Å². The van der Waals surface area contributed by atoms with Crippen molar-refractivity contribution in [3.63, 3.8) is 0 Å². The molecular weight excluding hydrogens is 258 g/mol. The molecule has 0 aromatic carbocycles. The second-order valence-electron chi connectivity index (χ2n) is 3.75. The van der Waals surface area contributed by atoms with Gasteiger partial charge in [0.25, 0.3) is 0 Å². The molecule has 0 aromatic heterocycles. The molecule has 0 bridgehead atoms. The minimum atomic E-state index is -0.458. The fraction of sp³-hybridized carbons (Fsp3) is 0.400. The van der Waals surface area contributed by atoms with Crippen LogP contribution in [-0.4, -0.2) is 25.7 Å². The highest BCUT2D eigenvalue weighted by molar-refractivity contribution is 5.90. The van der Waals surface area contributed by atoms with E-state index in [4.69, 9.17) is 10.00 Å². The number of nitriles is 1. The van der Waals surface area contributed by atoms with Gasteiger partial charge in [0, 0.05) is 11.6 Å². The summed E-state index contributed by atoms with van der Waals surface area (Å²) in [5.74, 6) is -0.806. The van der Waals surface area contributed by atoms with Crippen LogP contribution in [-0.2, 0) is 19.1 Å². The quantitative estimate of drug-likeness (QED) is 0.246. The van der Waals surface area contributed by atoms with Crippen LogP contribution < -0.4 is 0 Å². The molecule has 0 heterocycles. The van der Waals surface area contributed by atoms with Crippen molar-refractivity contribution >= 4 is 11.9 Å². The van der Waals surface area contributed by atoms with Crippen molar-refractivity contribution in [1.82, 2.24) is 0 Å². The molecule has 0 aliphatic heterocycles. The SMILES string of the molecule is C=C(C)C(=O)OC.C=C(C=CC#N)C(=O)OCCCC. The van der Waals surface area contributed by atoms with Crippen LogP contribution in [0.25, 0.3) is 0 Å². The number of hydrogen-bond acceptors (Lipinski definition) is 5. The van der Waals surface area contributed by atoms with Crippen molar-refractivity contribution in [3.05, 3.63) is 36.5 Å². The van der Waals surface area contributed by atoms with Gasteiger partial charge in [0.05, 0.1) is 25.4 Å². The summed E-state index contributed by atoms with van der Waals surface area (Å²) in [5, 5.41) is 8.18. The Balaban J connectivity index is 0. The Morgan fingerprint density at radius 3 is 2.25 bits per heavy atom. The zero-order valence-corrected chi connectivity index (χ0v) is 12.3. The lowest BCUT2D eigenvalue weighted by molar-refractivity contribution is -0.138. The molecule has 0 spiro atoms. The van der Waals surface area contributed by atoms with Crippen molar-refractivity contribution in [2.75, 3.05) is 13.7 Å². The molecule has 20 heavy (non-hydrogen) atoms. The minimum absolute atomic E-state index is 0.206. The molecule has 110 valence electrons. The van der Waals surface area contributed by atoms with Crippen LogP contribution in [0.5, 0.6) is 0 Å². The van der Waals surface area contributed by atoms with Gasteiger partial charge in [0.1, 0.15) is 0 Å². The van der Waals surface area contributed by atoms with E-state index in [0.29, 0.717) is 12.2 Å². The number of ether oxygens (including phenoxy) is 2. The number of esters is 2. The van der Waals surface area contributed by atoms with Crippen LogP contribution in [0.4, 0.5) is 0 Å². The summed E-state index contributed by atoms with van der Waals surface area (Å²) in [5.41, 5.74) is 0.639. The predicted octanol–water partition coefficient (Wildman–Crippen LogP) is 2.70. The summed E-state index contributed by atoms with van der Waals surface area (Å²) in [6.07, 6.45) is 4.37. The molecule has 5 nitrogen and oxygen atoms in total. The normalized spacial score (nSPS) is 8.90. The van der Waals surface area contributed by atoms with Crippen molar-refractivity contribution in [2.24, 2.45) is 0 Å². The molecule has 0 amide bonds. The fourth-order valence-electron chi connectivity index (χ4n) is 0.782. The lowest BCUT2D eigenvalue weighted by atomic mass is 10.3. The summed E-state index contributed by atoms with van der Waals surface area (Å²) in [4.78, 5) is 21.2. The first-order valence-corrected chi connectivity index (χ1v) is 6.06. The Morgan fingerprint density at radius 1 is 1.30 bits per heavy atom.